The van der Waals surface area contributed by atoms with Gasteiger partial charge in [0.15, 0.2) is 28.9 Å². The predicted molar refractivity (Wildman–Crippen MR) is 149 cm³/mol. The number of hydrogen-bond donors (Lipinski definition) is 2. The van der Waals surface area contributed by atoms with Crippen LogP contribution in [0.15, 0.2) is 73.1 Å². The van der Waals surface area contributed by atoms with Crippen molar-refractivity contribution in [1.82, 2.24) is 14.8 Å². The van der Waals surface area contributed by atoms with Gasteiger partial charge in [0.2, 0.25) is 0 Å². The summed E-state index contributed by atoms with van der Waals surface area (Å²) in [5.41, 5.74) is 1.75. The van der Waals surface area contributed by atoms with Gasteiger partial charge < -0.3 is 29.6 Å². The van der Waals surface area contributed by atoms with E-state index in [1.165, 1.54) is 38.1 Å². The summed E-state index contributed by atoms with van der Waals surface area (Å²) in [6, 6.07) is 16.5. The number of ether oxygens (including phenoxy) is 4. The van der Waals surface area contributed by atoms with Gasteiger partial charge in [0.25, 0.3) is 5.91 Å². The molecule has 0 saturated carbocycles. The summed E-state index contributed by atoms with van der Waals surface area (Å²) < 4.78 is 38.6. The second kappa shape index (κ2) is 11.2. The number of pyridine rings is 1. The Balaban J connectivity index is 1.37. The summed E-state index contributed by atoms with van der Waals surface area (Å²) in [5, 5.41) is 10.8. The number of nitrogens with zero attached hydrogens (tertiary/aromatic N) is 3. The second-order valence-corrected chi connectivity index (χ2v) is 8.63. The van der Waals surface area contributed by atoms with Crippen molar-refractivity contribution in [1.29, 1.82) is 0 Å². The normalized spacial score (nSPS) is 10.7. The molecule has 0 spiro atoms. The SMILES string of the molecule is COc1ccccc1NC(=O)c1cn(C)nc1Nc1ccc(Oc2ccnc3cc(OC)c(OC)cc23)c(F)c1. The predicted octanol–water partition coefficient (Wildman–Crippen LogP) is 5.92. The molecule has 204 valence electrons. The highest BCUT2D eigenvalue weighted by Gasteiger charge is 2.19. The number of rotatable bonds is 9. The van der Waals surface area contributed by atoms with Gasteiger partial charge in [0, 0.05) is 42.6 Å². The van der Waals surface area contributed by atoms with Gasteiger partial charge in [-0.1, -0.05) is 12.1 Å². The number of nitrogens with one attached hydrogen (secondary N) is 2. The molecule has 2 aromatic heterocycles. The van der Waals surface area contributed by atoms with E-state index < -0.39 is 11.7 Å². The molecule has 0 aliphatic heterocycles. The van der Waals surface area contributed by atoms with Crippen molar-refractivity contribution in [2.24, 2.45) is 7.05 Å². The molecule has 0 atom stereocenters. The number of para-hydroxylation sites is 2. The van der Waals surface area contributed by atoms with Crippen LogP contribution < -0.4 is 29.6 Å². The number of methoxy groups -OCH3 is 3. The number of halogens is 1. The zero-order chi connectivity index (χ0) is 28.2. The lowest BCUT2D eigenvalue weighted by Gasteiger charge is -2.13. The van der Waals surface area contributed by atoms with E-state index in [4.69, 9.17) is 18.9 Å². The van der Waals surface area contributed by atoms with Crippen molar-refractivity contribution in [2.75, 3.05) is 32.0 Å². The van der Waals surface area contributed by atoms with Crippen LogP contribution in [0.4, 0.5) is 21.6 Å². The maximum atomic E-state index is 15.2. The Labute approximate surface area is 229 Å². The number of amides is 1. The lowest BCUT2D eigenvalue weighted by Crippen LogP contribution is -2.13. The van der Waals surface area contributed by atoms with Gasteiger partial charge in [-0.15, -0.1) is 0 Å². The Kier molecular flexibility index (Phi) is 7.36. The first-order chi connectivity index (χ1) is 19.4. The van der Waals surface area contributed by atoms with Crippen LogP contribution >= 0.6 is 0 Å². The summed E-state index contributed by atoms with van der Waals surface area (Å²) >= 11 is 0. The smallest absolute Gasteiger partial charge is 0.261 e. The molecule has 0 bridgehead atoms. The van der Waals surface area contributed by atoms with Gasteiger partial charge in [-0.3, -0.25) is 14.5 Å². The fourth-order valence-corrected chi connectivity index (χ4v) is 4.14. The standard InChI is InChI=1S/C29H26FN5O5/c1-35-16-19(29(36)33-21-7-5-6-8-25(21)37-2)28(34-35)32-17-9-10-24(20(30)13-17)40-23-11-12-31-22-15-27(39-4)26(38-3)14-18(22)23/h5-16H,1-4H3,(H,32,34)(H,33,36). The van der Waals surface area contributed by atoms with Gasteiger partial charge in [-0.25, -0.2) is 4.39 Å². The maximum Gasteiger partial charge on any atom is 0.261 e. The molecule has 11 heteroatoms. The Morgan fingerprint density at radius 3 is 2.38 bits per heavy atom. The molecule has 10 nitrogen and oxygen atoms in total. The number of benzene rings is 3. The van der Waals surface area contributed by atoms with E-state index in [-0.39, 0.29) is 17.1 Å². The van der Waals surface area contributed by atoms with Gasteiger partial charge in [0.05, 0.1) is 32.5 Å². The maximum absolute atomic E-state index is 15.2. The highest BCUT2D eigenvalue weighted by atomic mass is 19.1. The summed E-state index contributed by atoms with van der Waals surface area (Å²) in [5.74, 6) is 1.16. The Bertz CT molecular complexity index is 1700. The Morgan fingerprint density at radius 2 is 1.62 bits per heavy atom. The van der Waals surface area contributed by atoms with Gasteiger partial charge >= 0.3 is 0 Å². The van der Waals surface area contributed by atoms with Crippen molar-refractivity contribution < 1.29 is 28.1 Å². The molecule has 3 aromatic carbocycles. The number of fused-ring (bicyclic) bond motifs is 1. The molecule has 0 aliphatic carbocycles. The minimum atomic E-state index is -0.619. The molecule has 40 heavy (non-hydrogen) atoms. The van der Waals surface area contributed by atoms with Crippen LogP contribution in [-0.2, 0) is 7.05 Å². The Morgan fingerprint density at radius 1 is 0.875 bits per heavy atom. The van der Waals surface area contributed by atoms with E-state index in [1.807, 2.05) is 0 Å². The summed E-state index contributed by atoms with van der Waals surface area (Å²) in [6.07, 6.45) is 3.13. The first kappa shape index (κ1) is 26.3. The summed E-state index contributed by atoms with van der Waals surface area (Å²) in [6.45, 7) is 0. The minimum Gasteiger partial charge on any atom is -0.495 e. The van der Waals surface area contributed by atoms with Crippen LogP contribution in [-0.4, -0.2) is 42.0 Å². The highest BCUT2D eigenvalue weighted by Crippen LogP contribution is 2.38. The average molecular weight is 544 g/mol. The summed E-state index contributed by atoms with van der Waals surface area (Å²) in [7, 11) is 6.28. The molecule has 0 aliphatic rings. The van der Waals surface area contributed by atoms with Crippen LogP contribution in [0, 0.1) is 5.82 Å². The molecular weight excluding hydrogens is 517 g/mol. The van der Waals surface area contributed by atoms with E-state index in [1.54, 1.807) is 68.0 Å². The number of anilines is 3. The zero-order valence-electron chi connectivity index (χ0n) is 22.2. The van der Waals surface area contributed by atoms with Gasteiger partial charge in [-0.2, -0.15) is 5.10 Å². The van der Waals surface area contributed by atoms with Gasteiger partial charge in [0.1, 0.15) is 17.1 Å². The molecular formula is C29H26FN5O5. The van der Waals surface area contributed by atoms with Crippen molar-refractivity contribution >= 4 is 34.0 Å². The third kappa shape index (κ3) is 5.30. The first-order valence-electron chi connectivity index (χ1n) is 12.1. The lowest BCUT2D eigenvalue weighted by molar-refractivity contribution is 0.102. The molecule has 0 fully saturated rings. The van der Waals surface area contributed by atoms with Crippen molar-refractivity contribution in [3.63, 3.8) is 0 Å². The van der Waals surface area contributed by atoms with Crippen LogP contribution in [0.3, 0.4) is 0 Å². The molecule has 1 amide bonds. The molecule has 0 unspecified atom stereocenters. The van der Waals surface area contributed by atoms with Crippen LogP contribution in [0.2, 0.25) is 0 Å². The number of carbonyl (C=O) groups is 1. The minimum absolute atomic E-state index is 0.00277. The van der Waals surface area contributed by atoms with E-state index in [0.29, 0.717) is 45.3 Å². The Hall–Kier alpha value is -5.32. The third-order valence-electron chi connectivity index (χ3n) is 6.05. The molecule has 5 rings (SSSR count). The number of aryl methyl sites for hydroxylation is 1. The van der Waals surface area contributed by atoms with Crippen LogP contribution in [0.25, 0.3) is 10.9 Å². The van der Waals surface area contributed by atoms with Gasteiger partial charge in [-0.05, 0) is 36.4 Å². The zero-order valence-corrected chi connectivity index (χ0v) is 22.2. The van der Waals surface area contributed by atoms with E-state index in [0.717, 1.165) is 0 Å². The monoisotopic (exact) mass is 543 g/mol. The summed E-state index contributed by atoms with van der Waals surface area (Å²) in [4.78, 5) is 17.4. The third-order valence-corrected chi connectivity index (χ3v) is 6.05. The van der Waals surface area contributed by atoms with E-state index in [2.05, 4.69) is 20.7 Å². The van der Waals surface area contributed by atoms with Crippen molar-refractivity contribution in [3.05, 3.63) is 84.4 Å². The fourth-order valence-electron chi connectivity index (χ4n) is 4.14. The van der Waals surface area contributed by atoms with Crippen LogP contribution in [0.1, 0.15) is 10.4 Å². The molecule has 0 radical (unpaired) electrons. The molecule has 2 N–H and O–H groups in total. The molecule has 5 aromatic rings. The topological polar surface area (TPSA) is 109 Å². The molecule has 0 saturated heterocycles. The highest BCUT2D eigenvalue weighted by molar-refractivity contribution is 6.08. The number of hydrogen-bond acceptors (Lipinski definition) is 8. The number of carbonyl (C=O) groups excluding carboxylic acids is 1. The second-order valence-electron chi connectivity index (χ2n) is 8.63. The van der Waals surface area contributed by atoms with Crippen molar-refractivity contribution in [2.45, 2.75) is 0 Å². The average Bonchev–Trinajstić information content (AvgIpc) is 3.33. The van der Waals surface area contributed by atoms with Crippen LogP contribution in [0.5, 0.6) is 28.7 Å². The number of aromatic nitrogens is 3. The quantitative estimate of drug-likeness (QED) is 0.236. The lowest BCUT2D eigenvalue weighted by atomic mass is 10.1. The first-order valence-corrected chi connectivity index (χ1v) is 12.1. The molecule has 2 heterocycles. The van der Waals surface area contributed by atoms with Crippen molar-refractivity contribution in [3.8, 4) is 28.7 Å². The van der Waals surface area contributed by atoms with E-state index >= 15 is 4.39 Å². The largest absolute Gasteiger partial charge is 0.495 e. The fraction of sp³-hybridized carbons (Fsp3) is 0.138. The van der Waals surface area contributed by atoms with E-state index in [9.17, 15) is 4.79 Å².